The van der Waals surface area contributed by atoms with Gasteiger partial charge in [-0.1, -0.05) is 24.3 Å². The summed E-state index contributed by atoms with van der Waals surface area (Å²) in [6.45, 7) is 7.76. The normalized spacial score (nSPS) is 14.6. The molecule has 2 heterocycles. The van der Waals surface area contributed by atoms with Gasteiger partial charge in [-0.3, -0.25) is 14.9 Å². The smallest absolute Gasteiger partial charge is 0.335 e. The van der Waals surface area contributed by atoms with Crippen molar-refractivity contribution in [3.8, 4) is 11.4 Å². The second-order valence-corrected chi connectivity index (χ2v) is 9.76. The molecular formula is C32H28FN3O4. The SMILES string of the molecule is Cc1ccc(N2C(=O)NC(=O)/C(=C\c3cc(C)n(-c4ccc(OCc5ccccc5F)cc4)c3C)C2=O)cc1C. The zero-order valence-electron chi connectivity index (χ0n) is 22.6. The largest absolute Gasteiger partial charge is 0.489 e. The summed E-state index contributed by atoms with van der Waals surface area (Å²) in [5.41, 5.74) is 5.90. The molecular weight excluding hydrogens is 509 g/mol. The van der Waals surface area contributed by atoms with Crippen molar-refractivity contribution >= 4 is 29.6 Å². The minimum atomic E-state index is -0.779. The highest BCUT2D eigenvalue weighted by Crippen LogP contribution is 2.28. The van der Waals surface area contributed by atoms with Gasteiger partial charge in [0.2, 0.25) is 0 Å². The van der Waals surface area contributed by atoms with Crippen LogP contribution in [0.5, 0.6) is 5.75 Å². The molecule has 1 aromatic heterocycles. The van der Waals surface area contributed by atoms with E-state index in [1.807, 2.05) is 56.5 Å². The molecule has 0 unspecified atom stereocenters. The zero-order chi connectivity index (χ0) is 28.6. The lowest BCUT2D eigenvalue weighted by molar-refractivity contribution is -0.122. The lowest BCUT2D eigenvalue weighted by Gasteiger charge is -2.26. The number of anilines is 1. The van der Waals surface area contributed by atoms with Crippen molar-refractivity contribution in [1.29, 1.82) is 0 Å². The molecule has 5 rings (SSSR count). The van der Waals surface area contributed by atoms with Crippen LogP contribution in [0.25, 0.3) is 11.8 Å². The summed E-state index contributed by atoms with van der Waals surface area (Å²) in [6.07, 6.45) is 1.52. The maximum Gasteiger partial charge on any atom is 0.335 e. The number of hydrogen-bond acceptors (Lipinski definition) is 4. The van der Waals surface area contributed by atoms with Crippen LogP contribution in [0, 0.1) is 33.5 Å². The molecule has 0 saturated carbocycles. The Morgan fingerprint density at radius 1 is 0.850 bits per heavy atom. The lowest BCUT2D eigenvalue weighted by atomic mass is 10.1. The number of aryl methyl sites for hydroxylation is 3. The van der Waals surface area contributed by atoms with Crippen LogP contribution >= 0.6 is 0 Å². The van der Waals surface area contributed by atoms with Crippen LogP contribution < -0.4 is 15.0 Å². The van der Waals surface area contributed by atoms with Crippen LogP contribution in [0.15, 0.2) is 78.4 Å². The Balaban J connectivity index is 1.41. The minimum Gasteiger partial charge on any atom is -0.489 e. The van der Waals surface area contributed by atoms with E-state index in [-0.39, 0.29) is 18.0 Å². The number of nitrogens with one attached hydrogen (secondary N) is 1. The Morgan fingerprint density at radius 3 is 2.25 bits per heavy atom. The number of amides is 4. The lowest BCUT2D eigenvalue weighted by Crippen LogP contribution is -2.54. The van der Waals surface area contributed by atoms with E-state index < -0.39 is 17.8 Å². The molecule has 0 atom stereocenters. The number of ether oxygens (including phenoxy) is 1. The van der Waals surface area contributed by atoms with Crippen molar-refractivity contribution < 1.29 is 23.5 Å². The molecule has 0 spiro atoms. The summed E-state index contributed by atoms with van der Waals surface area (Å²) >= 11 is 0. The number of hydrogen-bond donors (Lipinski definition) is 1. The van der Waals surface area contributed by atoms with Crippen molar-refractivity contribution in [2.24, 2.45) is 0 Å². The van der Waals surface area contributed by atoms with E-state index in [4.69, 9.17) is 4.74 Å². The van der Waals surface area contributed by atoms with E-state index in [0.717, 1.165) is 33.1 Å². The van der Waals surface area contributed by atoms with Crippen molar-refractivity contribution in [2.75, 3.05) is 4.90 Å². The monoisotopic (exact) mass is 537 g/mol. The summed E-state index contributed by atoms with van der Waals surface area (Å²) in [6, 6.07) is 20.2. The van der Waals surface area contributed by atoms with Gasteiger partial charge in [-0.05, 0) is 99.0 Å². The number of halogens is 1. The number of aromatic nitrogens is 1. The highest BCUT2D eigenvalue weighted by molar-refractivity contribution is 6.39. The summed E-state index contributed by atoms with van der Waals surface area (Å²) in [4.78, 5) is 39.7. The molecule has 202 valence electrons. The van der Waals surface area contributed by atoms with Crippen molar-refractivity contribution in [1.82, 2.24) is 9.88 Å². The van der Waals surface area contributed by atoms with Gasteiger partial charge in [-0.2, -0.15) is 0 Å². The van der Waals surface area contributed by atoms with Crippen LogP contribution in [-0.2, 0) is 16.2 Å². The van der Waals surface area contributed by atoms with E-state index in [0.29, 0.717) is 22.6 Å². The van der Waals surface area contributed by atoms with E-state index in [1.54, 1.807) is 42.5 Å². The maximum absolute atomic E-state index is 13.9. The van der Waals surface area contributed by atoms with E-state index in [2.05, 4.69) is 5.32 Å². The third-order valence-electron chi connectivity index (χ3n) is 7.07. The average Bonchev–Trinajstić information content (AvgIpc) is 3.20. The molecule has 1 fully saturated rings. The fourth-order valence-corrected chi connectivity index (χ4v) is 4.71. The fourth-order valence-electron chi connectivity index (χ4n) is 4.71. The number of urea groups is 1. The van der Waals surface area contributed by atoms with Crippen molar-refractivity contribution in [3.05, 3.63) is 118 Å². The van der Waals surface area contributed by atoms with Crippen LogP contribution in [-0.4, -0.2) is 22.4 Å². The molecule has 7 nitrogen and oxygen atoms in total. The first-order chi connectivity index (χ1) is 19.1. The predicted octanol–water partition coefficient (Wildman–Crippen LogP) is 6.10. The van der Waals surface area contributed by atoms with Crippen molar-refractivity contribution in [3.63, 3.8) is 0 Å². The van der Waals surface area contributed by atoms with E-state index in [1.165, 1.54) is 12.1 Å². The number of rotatable bonds is 6. The number of benzene rings is 3. The third-order valence-corrected chi connectivity index (χ3v) is 7.07. The maximum atomic E-state index is 13.9. The molecule has 0 bridgehead atoms. The molecule has 4 aromatic rings. The van der Waals surface area contributed by atoms with Gasteiger partial charge >= 0.3 is 6.03 Å². The van der Waals surface area contributed by atoms with Gasteiger partial charge in [0, 0.05) is 22.6 Å². The molecule has 8 heteroatoms. The van der Waals surface area contributed by atoms with Gasteiger partial charge < -0.3 is 9.30 Å². The van der Waals surface area contributed by atoms with Gasteiger partial charge in [0.15, 0.2) is 0 Å². The Labute approximate surface area is 231 Å². The average molecular weight is 538 g/mol. The number of carbonyl (C=O) groups excluding carboxylic acids is 3. The second-order valence-electron chi connectivity index (χ2n) is 9.76. The van der Waals surface area contributed by atoms with Crippen molar-refractivity contribution in [2.45, 2.75) is 34.3 Å². The number of nitrogens with zero attached hydrogens (tertiary/aromatic N) is 2. The summed E-state index contributed by atoms with van der Waals surface area (Å²) in [7, 11) is 0. The topological polar surface area (TPSA) is 80.6 Å². The highest BCUT2D eigenvalue weighted by Gasteiger charge is 2.37. The van der Waals surface area contributed by atoms with Gasteiger partial charge in [-0.15, -0.1) is 0 Å². The van der Waals surface area contributed by atoms with E-state index in [9.17, 15) is 18.8 Å². The predicted molar refractivity (Wildman–Crippen MR) is 151 cm³/mol. The Kier molecular flexibility index (Phi) is 7.09. The van der Waals surface area contributed by atoms with Gasteiger partial charge in [0.25, 0.3) is 11.8 Å². The summed E-state index contributed by atoms with van der Waals surface area (Å²) < 4.78 is 21.6. The fraction of sp³-hybridized carbons (Fsp3) is 0.156. The molecule has 0 aliphatic carbocycles. The molecule has 0 radical (unpaired) electrons. The molecule has 1 saturated heterocycles. The van der Waals surface area contributed by atoms with Crippen LogP contribution in [0.3, 0.4) is 0 Å². The quantitative estimate of drug-likeness (QED) is 0.238. The first-order valence-corrected chi connectivity index (χ1v) is 12.8. The first kappa shape index (κ1) is 26.6. The number of imide groups is 2. The Hall–Kier alpha value is -4.98. The number of carbonyl (C=O) groups is 3. The minimum absolute atomic E-state index is 0.114. The Morgan fingerprint density at radius 2 is 1.55 bits per heavy atom. The van der Waals surface area contributed by atoms with Gasteiger partial charge in [0.1, 0.15) is 23.7 Å². The molecule has 1 aliphatic heterocycles. The highest BCUT2D eigenvalue weighted by atomic mass is 19.1. The zero-order valence-corrected chi connectivity index (χ0v) is 22.6. The molecule has 1 aliphatic rings. The summed E-state index contributed by atoms with van der Waals surface area (Å²) in [5.74, 6) is -1.14. The van der Waals surface area contributed by atoms with Crippen LogP contribution in [0.2, 0.25) is 0 Å². The second kappa shape index (κ2) is 10.6. The molecule has 40 heavy (non-hydrogen) atoms. The standard InChI is InChI=1S/C32H28FN3O4/c1-19-9-10-26(15-20(19)2)36-31(38)28(30(37)34-32(36)39)17-24-16-21(3)35(22(24)4)25-11-13-27(14-12-25)40-18-23-7-5-6-8-29(23)33/h5-17H,18H2,1-4H3,(H,34,37,39)/b28-17+. The third kappa shape index (κ3) is 5.03. The van der Waals surface area contributed by atoms with Crippen LogP contribution in [0.1, 0.15) is 33.6 Å². The summed E-state index contributed by atoms with van der Waals surface area (Å²) in [5, 5.41) is 2.28. The molecule has 1 N–H and O–H groups in total. The van der Waals surface area contributed by atoms with Gasteiger partial charge in [-0.25, -0.2) is 14.1 Å². The van der Waals surface area contributed by atoms with E-state index >= 15 is 0 Å². The molecule has 4 amide bonds. The number of barbiturate groups is 1. The van der Waals surface area contributed by atoms with Crippen LogP contribution in [0.4, 0.5) is 14.9 Å². The Bertz CT molecular complexity index is 1680. The van der Waals surface area contributed by atoms with Gasteiger partial charge in [0.05, 0.1) is 5.69 Å². The molecule has 3 aromatic carbocycles. The first-order valence-electron chi connectivity index (χ1n) is 12.8.